The van der Waals surface area contributed by atoms with Gasteiger partial charge in [0.25, 0.3) is 0 Å². The maximum absolute atomic E-state index is 5.33. The Kier molecular flexibility index (Phi) is 3.06. The van der Waals surface area contributed by atoms with Crippen molar-refractivity contribution in [1.29, 1.82) is 0 Å². The predicted molar refractivity (Wildman–Crippen MR) is 64.1 cm³/mol. The molecule has 1 N–H and O–H groups in total. The van der Waals surface area contributed by atoms with Crippen molar-refractivity contribution in [3.05, 3.63) is 23.8 Å². The van der Waals surface area contributed by atoms with Gasteiger partial charge in [-0.3, -0.25) is 0 Å². The summed E-state index contributed by atoms with van der Waals surface area (Å²) in [5, 5.41) is 3.54. The molecule has 0 bridgehead atoms. The van der Waals surface area contributed by atoms with Crippen molar-refractivity contribution in [3.8, 4) is 11.5 Å². The number of ether oxygens (including phenoxy) is 2. The number of hydrogen-bond acceptors (Lipinski definition) is 3. The molecule has 2 rings (SSSR count). The van der Waals surface area contributed by atoms with Gasteiger partial charge in [0.05, 0.1) is 14.2 Å². The Morgan fingerprint density at radius 1 is 1.19 bits per heavy atom. The van der Waals surface area contributed by atoms with Crippen molar-refractivity contribution in [3.63, 3.8) is 0 Å². The molecule has 0 spiro atoms. The van der Waals surface area contributed by atoms with Crippen molar-refractivity contribution in [2.45, 2.75) is 25.3 Å². The number of rotatable bonds is 3. The van der Waals surface area contributed by atoms with Gasteiger partial charge in [-0.25, -0.2) is 0 Å². The monoisotopic (exact) mass is 221 g/mol. The van der Waals surface area contributed by atoms with Gasteiger partial charge in [-0.1, -0.05) is 6.07 Å². The molecule has 1 unspecified atom stereocenters. The molecular formula is C13H19NO2. The van der Waals surface area contributed by atoms with E-state index in [0.29, 0.717) is 0 Å². The van der Waals surface area contributed by atoms with Crippen LogP contribution in [0, 0.1) is 0 Å². The van der Waals surface area contributed by atoms with Crippen LogP contribution in [-0.2, 0) is 5.54 Å². The number of methoxy groups -OCH3 is 2. The van der Waals surface area contributed by atoms with Gasteiger partial charge in [0, 0.05) is 5.54 Å². The first-order valence-corrected chi connectivity index (χ1v) is 5.67. The molecule has 1 aliphatic rings. The Labute approximate surface area is 96.8 Å². The standard InChI is InChI=1S/C13H19NO2/c1-13(7-4-8-14-13)10-5-6-11(15-2)12(9-10)16-3/h5-6,9,14H,4,7-8H2,1-3H3. The third-order valence-corrected chi connectivity index (χ3v) is 3.39. The minimum atomic E-state index is 0.0829. The van der Waals surface area contributed by atoms with E-state index in [1.807, 2.05) is 6.07 Å². The van der Waals surface area contributed by atoms with E-state index in [1.54, 1.807) is 14.2 Å². The first kappa shape index (κ1) is 11.3. The summed E-state index contributed by atoms with van der Waals surface area (Å²) in [5.41, 5.74) is 1.35. The first-order valence-electron chi connectivity index (χ1n) is 5.67. The van der Waals surface area contributed by atoms with Crippen LogP contribution in [0.25, 0.3) is 0 Å². The van der Waals surface area contributed by atoms with E-state index in [1.165, 1.54) is 18.4 Å². The van der Waals surface area contributed by atoms with E-state index >= 15 is 0 Å². The summed E-state index contributed by atoms with van der Waals surface area (Å²) in [7, 11) is 3.33. The molecule has 0 aliphatic carbocycles. The topological polar surface area (TPSA) is 30.5 Å². The second-order valence-electron chi connectivity index (χ2n) is 4.43. The maximum atomic E-state index is 5.33. The quantitative estimate of drug-likeness (QED) is 0.849. The summed E-state index contributed by atoms with van der Waals surface area (Å²) >= 11 is 0. The Morgan fingerprint density at radius 2 is 1.94 bits per heavy atom. The van der Waals surface area contributed by atoms with E-state index < -0.39 is 0 Å². The van der Waals surface area contributed by atoms with Gasteiger partial charge < -0.3 is 14.8 Å². The van der Waals surface area contributed by atoms with E-state index in [9.17, 15) is 0 Å². The fourth-order valence-corrected chi connectivity index (χ4v) is 2.32. The average molecular weight is 221 g/mol. The molecule has 88 valence electrons. The van der Waals surface area contributed by atoms with Crippen molar-refractivity contribution in [1.82, 2.24) is 5.32 Å². The molecule has 16 heavy (non-hydrogen) atoms. The lowest BCUT2D eigenvalue weighted by atomic mass is 9.90. The minimum absolute atomic E-state index is 0.0829. The van der Waals surface area contributed by atoms with Crippen LogP contribution in [0.4, 0.5) is 0 Å². The van der Waals surface area contributed by atoms with Gasteiger partial charge in [0.1, 0.15) is 0 Å². The number of nitrogens with one attached hydrogen (secondary N) is 1. The summed E-state index contributed by atoms with van der Waals surface area (Å²) in [4.78, 5) is 0. The Morgan fingerprint density at radius 3 is 2.50 bits per heavy atom. The molecule has 1 aliphatic heterocycles. The lowest BCUT2D eigenvalue weighted by Gasteiger charge is -2.25. The fourth-order valence-electron chi connectivity index (χ4n) is 2.32. The molecule has 0 aromatic heterocycles. The van der Waals surface area contributed by atoms with Crippen LogP contribution >= 0.6 is 0 Å². The second kappa shape index (κ2) is 4.34. The van der Waals surface area contributed by atoms with Crippen LogP contribution in [0.2, 0.25) is 0 Å². The smallest absolute Gasteiger partial charge is 0.161 e. The SMILES string of the molecule is COc1ccc(C2(C)CCCN2)cc1OC. The summed E-state index contributed by atoms with van der Waals surface area (Å²) < 4.78 is 10.6. The molecule has 3 heteroatoms. The van der Waals surface area contributed by atoms with Gasteiger partial charge in [-0.05, 0) is 44.0 Å². The molecular weight excluding hydrogens is 202 g/mol. The summed E-state index contributed by atoms with van der Waals surface area (Å²) in [6, 6.07) is 6.15. The zero-order chi connectivity index (χ0) is 11.6. The average Bonchev–Trinajstić information content (AvgIpc) is 2.76. The zero-order valence-corrected chi connectivity index (χ0v) is 10.2. The third kappa shape index (κ3) is 1.87. The molecule has 0 saturated carbocycles. The largest absolute Gasteiger partial charge is 0.493 e. The van der Waals surface area contributed by atoms with E-state index in [4.69, 9.17) is 9.47 Å². The van der Waals surface area contributed by atoms with Crippen LogP contribution in [0.15, 0.2) is 18.2 Å². The van der Waals surface area contributed by atoms with Crippen LogP contribution in [-0.4, -0.2) is 20.8 Å². The number of hydrogen-bond donors (Lipinski definition) is 1. The van der Waals surface area contributed by atoms with Gasteiger partial charge in [0.15, 0.2) is 11.5 Å². The third-order valence-electron chi connectivity index (χ3n) is 3.39. The van der Waals surface area contributed by atoms with Gasteiger partial charge in [-0.2, -0.15) is 0 Å². The van der Waals surface area contributed by atoms with Crippen LogP contribution in [0.5, 0.6) is 11.5 Å². The summed E-state index contributed by atoms with van der Waals surface area (Å²) in [6.07, 6.45) is 2.40. The second-order valence-corrected chi connectivity index (χ2v) is 4.43. The van der Waals surface area contributed by atoms with E-state index in [-0.39, 0.29) is 5.54 Å². The first-order chi connectivity index (χ1) is 7.69. The summed E-state index contributed by atoms with van der Waals surface area (Å²) in [5.74, 6) is 1.59. The lowest BCUT2D eigenvalue weighted by molar-refractivity contribution is 0.351. The molecule has 0 radical (unpaired) electrons. The summed E-state index contributed by atoms with van der Waals surface area (Å²) in [6.45, 7) is 3.33. The highest BCUT2D eigenvalue weighted by molar-refractivity contribution is 5.45. The normalized spacial score (nSPS) is 24.4. The molecule has 1 atom stereocenters. The highest BCUT2D eigenvalue weighted by Gasteiger charge is 2.30. The highest BCUT2D eigenvalue weighted by Crippen LogP contribution is 2.36. The van der Waals surface area contributed by atoms with Gasteiger partial charge in [-0.15, -0.1) is 0 Å². The molecule has 1 aromatic carbocycles. The zero-order valence-electron chi connectivity index (χ0n) is 10.2. The van der Waals surface area contributed by atoms with Crippen LogP contribution in [0.1, 0.15) is 25.3 Å². The van der Waals surface area contributed by atoms with Crippen molar-refractivity contribution in [2.75, 3.05) is 20.8 Å². The van der Waals surface area contributed by atoms with Crippen LogP contribution < -0.4 is 14.8 Å². The molecule has 3 nitrogen and oxygen atoms in total. The molecule has 1 saturated heterocycles. The van der Waals surface area contributed by atoms with Crippen molar-refractivity contribution >= 4 is 0 Å². The maximum Gasteiger partial charge on any atom is 0.161 e. The highest BCUT2D eigenvalue weighted by atomic mass is 16.5. The molecule has 1 fully saturated rings. The van der Waals surface area contributed by atoms with E-state index in [2.05, 4.69) is 24.4 Å². The Bertz CT molecular complexity index is 370. The van der Waals surface area contributed by atoms with E-state index in [0.717, 1.165) is 18.0 Å². The van der Waals surface area contributed by atoms with Gasteiger partial charge >= 0.3 is 0 Å². The Hall–Kier alpha value is -1.22. The Balaban J connectivity index is 2.35. The fraction of sp³-hybridized carbons (Fsp3) is 0.538. The molecule has 1 heterocycles. The minimum Gasteiger partial charge on any atom is -0.493 e. The number of benzene rings is 1. The van der Waals surface area contributed by atoms with Crippen LogP contribution in [0.3, 0.4) is 0 Å². The predicted octanol–water partition coefficient (Wildman–Crippen LogP) is 2.30. The lowest BCUT2D eigenvalue weighted by Crippen LogP contribution is -2.33. The molecule has 1 aromatic rings. The molecule has 0 amide bonds. The van der Waals surface area contributed by atoms with Crippen molar-refractivity contribution < 1.29 is 9.47 Å². The van der Waals surface area contributed by atoms with Gasteiger partial charge in [0.2, 0.25) is 0 Å². The van der Waals surface area contributed by atoms with Crippen molar-refractivity contribution in [2.24, 2.45) is 0 Å².